The van der Waals surface area contributed by atoms with Crippen molar-refractivity contribution >= 4 is 26.8 Å². The van der Waals surface area contributed by atoms with Gasteiger partial charge in [0.15, 0.2) is 0 Å². The Kier molecular flexibility index (Phi) is 3.99. The van der Waals surface area contributed by atoms with Crippen LogP contribution in [0.2, 0.25) is 0 Å². The average Bonchev–Trinajstić information content (AvgIpc) is 2.91. The molecule has 23 heavy (non-hydrogen) atoms. The van der Waals surface area contributed by atoms with Crippen molar-refractivity contribution in [2.75, 3.05) is 6.61 Å². The second kappa shape index (κ2) is 5.82. The first kappa shape index (κ1) is 15.8. The molecule has 7 heteroatoms. The topological polar surface area (TPSA) is 69.2 Å². The number of rotatable bonds is 3. The molecule has 0 unspecified atom stereocenters. The number of aryl methyl sites for hydroxylation is 1. The lowest BCUT2D eigenvalue weighted by Gasteiger charge is -2.09. The van der Waals surface area contributed by atoms with Crippen LogP contribution in [0.3, 0.4) is 0 Å². The zero-order valence-electron chi connectivity index (χ0n) is 12.8. The van der Waals surface area contributed by atoms with Crippen molar-refractivity contribution in [1.29, 1.82) is 0 Å². The summed E-state index contributed by atoms with van der Waals surface area (Å²) >= 11 is 3.44. The van der Waals surface area contributed by atoms with Crippen LogP contribution in [-0.4, -0.2) is 25.4 Å². The highest BCUT2D eigenvalue weighted by molar-refractivity contribution is 9.10. The van der Waals surface area contributed by atoms with E-state index in [1.54, 1.807) is 13.2 Å². The quantitative estimate of drug-likeness (QED) is 0.751. The SMILES string of the molecule is Cn1c(=O)c2c(-c3cccc(Br)c3)n(CCO)cc2n(C)c1=O. The number of hydrogen-bond acceptors (Lipinski definition) is 3. The van der Waals surface area contributed by atoms with E-state index in [-0.39, 0.29) is 17.9 Å². The van der Waals surface area contributed by atoms with Gasteiger partial charge >= 0.3 is 5.69 Å². The van der Waals surface area contributed by atoms with E-state index in [1.165, 1.54) is 11.6 Å². The van der Waals surface area contributed by atoms with Gasteiger partial charge in [-0.05, 0) is 12.1 Å². The summed E-state index contributed by atoms with van der Waals surface area (Å²) in [5.41, 5.74) is 1.39. The van der Waals surface area contributed by atoms with Crippen molar-refractivity contribution in [2.45, 2.75) is 6.54 Å². The molecule has 3 rings (SSSR count). The van der Waals surface area contributed by atoms with E-state index in [4.69, 9.17) is 0 Å². The molecule has 0 atom stereocenters. The van der Waals surface area contributed by atoms with Crippen LogP contribution < -0.4 is 11.2 Å². The molecule has 0 amide bonds. The molecule has 2 heterocycles. The van der Waals surface area contributed by atoms with E-state index in [9.17, 15) is 14.7 Å². The number of fused-ring (bicyclic) bond motifs is 1. The Bertz CT molecular complexity index is 1010. The summed E-state index contributed by atoms with van der Waals surface area (Å²) in [6.07, 6.45) is 1.74. The average molecular weight is 378 g/mol. The first-order valence-electron chi connectivity index (χ1n) is 7.11. The van der Waals surface area contributed by atoms with Gasteiger partial charge in [0.1, 0.15) is 0 Å². The van der Waals surface area contributed by atoms with Crippen LogP contribution >= 0.6 is 15.9 Å². The summed E-state index contributed by atoms with van der Waals surface area (Å²) < 4.78 is 5.26. The van der Waals surface area contributed by atoms with Gasteiger partial charge < -0.3 is 9.67 Å². The van der Waals surface area contributed by atoms with Gasteiger partial charge in [0, 0.05) is 36.9 Å². The molecule has 1 aromatic carbocycles. The molecule has 0 radical (unpaired) electrons. The highest BCUT2D eigenvalue weighted by atomic mass is 79.9. The van der Waals surface area contributed by atoms with E-state index >= 15 is 0 Å². The highest BCUT2D eigenvalue weighted by Crippen LogP contribution is 2.29. The van der Waals surface area contributed by atoms with Gasteiger partial charge in [0.2, 0.25) is 0 Å². The Labute approximate surface area is 140 Å². The zero-order chi connectivity index (χ0) is 16.7. The lowest BCUT2D eigenvalue weighted by molar-refractivity contribution is 0.277. The molecule has 0 aliphatic rings. The van der Waals surface area contributed by atoms with E-state index < -0.39 is 0 Å². The van der Waals surface area contributed by atoms with Crippen molar-refractivity contribution in [2.24, 2.45) is 14.1 Å². The fraction of sp³-hybridized carbons (Fsp3) is 0.250. The normalized spacial score (nSPS) is 11.3. The summed E-state index contributed by atoms with van der Waals surface area (Å²) in [5.74, 6) is 0. The maximum atomic E-state index is 12.7. The molecule has 3 aromatic rings. The maximum absolute atomic E-state index is 12.7. The highest BCUT2D eigenvalue weighted by Gasteiger charge is 2.19. The number of halogens is 1. The number of aromatic nitrogens is 3. The molecule has 0 bridgehead atoms. The summed E-state index contributed by atoms with van der Waals surface area (Å²) in [6, 6.07) is 7.60. The monoisotopic (exact) mass is 377 g/mol. The molecule has 2 aromatic heterocycles. The van der Waals surface area contributed by atoms with Crippen molar-refractivity contribution in [3.8, 4) is 11.3 Å². The predicted molar refractivity (Wildman–Crippen MR) is 92.6 cm³/mol. The van der Waals surface area contributed by atoms with Crippen LogP contribution in [0.1, 0.15) is 0 Å². The van der Waals surface area contributed by atoms with Crippen molar-refractivity contribution in [3.63, 3.8) is 0 Å². The van der Waals surface area contributed by atoms with Gasteiger partial charge in [0.05, 0.1) is 23.2 Å². The first-order valence-corrected chi connectivity index (χ1v) is 7.90. The number of aliphatic hydroxyl groups excluding tert-OH is 1. The molecule has 0 spiro atoms. The van der Waals surface area contributed by atoms with Crippen molar-refractivity contribution < 1.29 is 5.11 Å². The maximum Gasteiger partial charge on any atom is 0.330 e. The third kappa shape index (κ3) is 2.46. The number of nitrogens with zero attached hydrogens (tertiary/aromatic N) is 3. The summed E-state index contributed by atoms with van der Waals surface area (Å²) in [6.45, 7) is 0.282. The van der Waals surface area contributed by atoms with E-state index in [2.05, 4.69) is 15.9 Å². The second-order valence-electron chi connectivity index (χ2n) is 5.37. The molecule has 0 saturated heterocycles. The molecule has 0 aliphatic carbocycles. The lowest BCUT2D eigenvalue weighted by atomic mass is 10.1. The van der Waals surface area contributed by atoms with Gasteiger partial charge in [-0.15, -0.1) is 0 Å². The van der Waals surface area contributed by atoms with Gasteiger partial charge in [-0.2, -0.15) is 0 Å². The number of hydrogen-bond donors (Lipinski definition) is 1. The van der Waals surface area contributed by atoms with Crippen LogP contribution in [0.25, 0.3) is 22.2 Å². The van der Waals surface area contributed by atoms with Crippen LogP contribution in [0.5, 0.6) is 0 Å². The van der Waals surface area contributed by atoms with Crippen LogP contribution in [0, 0.1) is 0 Å². The summed E-state index contributed by atoms with van der Waals surface area (Å²) in [7, 11) is 3.11. The zero-order valence-corrected chi connectivity index (χ0v) is 14.4. The number of benzene rings is 1. The minimum Gasteiger partial charge on any atom is -0.395 e. The fourth-order valence-electron chi connectivity index (χ4n) is 2.82. The van der Waals surface area contributed by atoms with E-state index in [1.807, 2.05) is 28.8 Å². The standard InChI is InChI=1S/C16H16BrN3O3/c1-18-12-9-20(6-7-21)14(10-4-3-5-11(17)8-10)13(12)15(22)19(2)16(18)23/h3-5,8-9,21H,6-7H2,1-2H3. The Morgan fingerprint density at radius 1 is 1.17 bits per heavy atom. The summed E-state index contributed by atoms with van der Waals surface area (Å²) in [5, 5.41) is 9.81. The van der Waals surface area contributed by atoms with E-state index in [0.29, 0.717) is 23.1 Å². The molecular weight excluding hydrogens is 362 g/mol. The van der Waals surface area contributed by atoms with Gasteiger partial charge in [-0.1, -0.05) is 28.1 Å². The Morgan fingerprint density at radius 2 is 1.91 bits per heavy atom. The van der Waals surface area contributed by atoms with Gasteiger partial charge in [0.25, 0.3) is 5.56 Å². The van der Waals surface area contributed by atoms with E-state index in [0.717, 1.165) is 14.6 Å². The molecule has 1 N–H and O–H groups in total. The molecule has 0 saturated carbocycles. The smallest absolute Gasteiger partial charge is 0.330 e. The third-order valence-corrected chi connectivity index (χ3v) is 4.44. The molecule has 6 nitrogen and oxygen atoms in total. The van der Waals surface area contributed by atoms with Crippen LogP contribution in [0.15, 0.2) is 44.5 Å². The lowest BCUT2D eigenvalue weighted by Crippen LogP contribution is -2.36. The Hall–Kier alpha value is -2.12. The largest absolute Gasteiger partial charge is 0.395 e. The predicted octanol–water partition coefficient (Wildman–Crippen LogP) is 1.46. The van der Waals surface area contributed by atoms with Crippen molar-refractivity contribution in [1.82, 2.24) is 13.7 Å². The third-order valence-electron chi connectivity index (χ3n) is 3.95. The van der Waals surface area contributed by atoms with Crippen LogP contribution in [-0.2, 0) is 20.6 Å². The number of aliphatic hydroxyl groups is 1. The minimum atomic E-state index is -0.371. The van der Waals surface area contributed by atoms with Gasteiger partial charge in [-0.25, -0.2) is 4.79 Å². The fourth-order valence-corrected chi connectivity index (χ4v) is 3.22. The van der Waals surface area contributed by atoms with Gasteiger partial charge in [-0.3, -0.25) is 13.9 Å². The first-order chi connectivity index (χ1) is 11.0. The molecule has 0 fully saturated rings. The summed E-state index contributed by atoms with van der Waals surface area (Å²) in [4.78, 5) is 24.8. The molecule has 120 valence electrons. The Morgan fingerprint density at radius 3 is 2.57 bits per heavy atom. The molecule has 0 aliphatic heterocycles. The molecular formula is C16H16BrN3O3. The minimum absolute atomic E-state index is 0.0593. The second-order valence-corrected chi connectivity index (χ2v) is 6.29. The van der Waals surface area contributed by atoms with Crippen LogP contribution in [0.4, 0.5) is 0 Å². The Balaban J connectivity index is 2.51. The van der Waals surface area contributed by atoms with Crippen molar-refractivity contribution in [3.05, 3.63) is 55.8 Å².